The summed E-state index contributed by atoms with van der Waals surface area (Å²) in [7, 11) is 6.89. The van der Waals surface area contributed by atoms with Crippen LogP contribution in [0.3, 0.4) is 0 Å². The number of nitrogens with zero attached hydrogens (tertiary/aromatic N) is 2. The fourth-order valence-electron chi connectivity index (χ4n) is 4.08. The fraction of sp³-hybridized carbons (Fsp3) is 1.00. The lowest BCUT2D eigenvalue weighted by Crippen LogP contribution is -2.52. The topological polar surface area (TPSA) is 3.24 Å². The number of quaternary nitrogens is 1. The van der Waals surface area contributed by atoms with Crippen LogP contribution in [0.2, 0.25) is 0 Å². The molecule has 0 aromatic carbocycles. The molecule has 2 nitrogen and oxygen atoms in total. The van der Waals surface area contributed by atoms with E-state index in [-0.39, 0.29) is 0 Å². The van der Waals surface area contributed by atoms with E-state index in [2.05, 4.69) is 46.8 Å². The van der Waals surface area contributed by atoms with Crippen LogP contribution in [0.15, 0.2) is 0 Å². The van der Waals surface area contributed by atoms with Crippen LogP contribution in [0, 0.1) is 16.7 Å². The second-order valence-corrected chi connectivity index (χ2v) is 8.62. The summed E-state index contributed by atoms with van der Waals surface area (Å²) in [6.07, 6.45) is 4.23. The Labute approximate surface area is 114 Å². The van der Waals surface area contributed by atoms with Crippen LogP contribution < -0.4 is 0 Å². The van der Waals surface area contributed by atoms with Crippen LogP contribution in [0.5, 0.6) is 0 Å². The van der Waals surface area contributed by atoms with E-state index in [0.29, 0.717) is 10.8 Å². The van der Waals surface area contributed by atoms with Crippen molar-refractivity contribution in [3.8, 4) is 0 Å². The van der Waals surface area contributed by atoms with E-state index in [1.165, 1.54) is 45.4 Å². The number of fused-ring (bicyclic) bond motifs is 2. The molecular formula is C16H33N2+. The van der Waals surface area contributed by atoms with E-state index in [1.54, 1.807) is 0 Å². The predicted molar refractivity (Wildman–Crippen MR) is 78.6 cm³/mol. The number of hydrogen-bond donors (Lipinski definition) is 0. The summed E-state index contributed by atoms with van der Waals surface area (Å²) in [4.78, 5) is 2.75. The maximum Gasteiger partial charge on any atom is 0.0792 e. The summed E-state index contributed by atoms with van der Waals surface area (Å²) in [5.74, 6) is 0.931. The third-order valence-electron chi connectivity index (χ3n) is 5.98. The Hall–Kier alpha value is -0.0800. The maximum absolute atomic E-state index is 2.75. The molecule has 106 valence electrons. The molecule has 0 radical (unpaired) electrons. The van der Waals surface area contributed by atoms with Crippen LogP contribution in [0.1, 0.15) is 40.0 Å². The van der Waals surface area contributed by atoms with Gasteiger partial charge < -0.3 is 9.38 Å². The largest absolute Gasteiger partial charge is 0.331 e. The fourth-order valence-corrected chi connectivity index (χ4v) is 4.08. The van der Waals surface area contributed by atoms with E-state index in [4.69, 9.17) is 0 Å². The molecule has 1 aliphatic carbocycles. The zero-order chi connectivity index (χ0) is 13.6. The Morgan fingerprint density at radius 3 is 2.39 bits per heavy atom. The van der Waals surface area contributed by atoms with Crippen LogP contribution >= 0.6 is 0 Å². The molecule has 2 heteroatoms. The number of rotatable bonds is 4. The lowest BCUT2D eigenvalue weighted by Gasteiger charge is -2.50. The van der Waals surface area contributed by atoms with Crippen molar-refractivity contribution in [2.45, 2.75) is 40.0 Å². The van der Waals surface area contributed by atoms with Crippen molar-refractivity contribution in [3.05, 3.63) is 0 Å². The summed E-state index contributed by atoms with van der Waals surface area (Å²) in [5.41, 5.74) is 1.12. The van der Waals surface area contributed by atoms with E-state index in [1.807, 2.05) is 0 Å². The zero-order valence-corrected chi connectivity index (χ0v) is 13.4. The van der Waals surface area contributed by atoms with E-state index >= 15 is 0 Å². The number of piperidine rings is 1. The molecule has 0 N–H and O–H groups in total. The minimum Gasteiger partial charge on any atom is -0.331 e. The number of hydrogen-bond acceptors (Lipinski definition) is 1. The van der Waals surface area contributed by atoms with Gasteiger partial charge in [-0.3, -0.25) is 0 Å². The highest BCUT2D eigenvalue weighted by Gasteiger charge is 2.55. The van der Waals surface area contributed by atoms with Gasteiger partial charge in [-0.05, 0) is 29.6 Å². The van der Waals surface area contributed by atoms with Gasteiger partial charge in [0.2, 0.25) is 0 Å². The van der Waals surface area contributed by atoms with Crippen molar-refractivity contribution in [3.63, 3.8) is 0 Å². The van der Waals surface area contributed by atoms with Crippen LogP contribution in [0.25, 0.3) is 0 Å². The Balaban J connectivity index is 1.88. The van der Waals surface area contributed by atoms with E-state index in [0.717, 1.165) is 10.4 Å². The summed E-state index contributed by atoms with van der Waals surface area (Å²) in [6, 6.07) is 0. The van der Waals surface area contributed by atoms with Crippen LogP contribution in [0.4, 0.5) is 0 Å². The Bertz CT molecular complexity index is 303. The molecule has 2 bridgehead atoms. The SMILES string of the molecule is CC1(C)[C@@H]2CC[C@]1(C)CN(CCC[N+](C)(C)C)C2. The van der Waals surface area contributed by atoms with Crippen LogP contribution in [-0.4, -0.2) is 56.7 Å². The molecule has 18 heavy (non-hydrogen) atoms. The van der Waals surface area contributed by atoms with Gasteiger partial charge in [0.05, 0.1) is 27.7 Å². The van der Waals surface area contributed by atoms with E-state index in [9.17, 15) is 0 Å². The monoisotopic (exact) mass is 253 g/mol. The molecule has 0 unspecified atom stereocenters. The molecule has 2 rings (SSSR count). The van der Waals surface area contributed by atoms with Crippen molar-refractivity contribution < 1.29 is 4.48 Å². The second-order valence-electron chi connectivity index (χ2n) is 8.62. The highest BCUT2D eigenvalue weighted by atomic mass is 15.3. The summed E-state index contributed by atoms with van der Waals surface area (Å²) in [5, 5.41) is 0. The molecule has 1 aliphatic heterocycles. The summed E-state index contributed by atoms with van der Waals surface area (Å²) < 4.78 is 1.10. The average Bonchev–Trinajstić information content (AvgIpc) is 2.36. The quantitative estimate of drug-likeness (QED) is 0.696. The Morgan fingerprint density at radius 2 is 1.83 bits per heavy atom. The third kappa shape index (κ3) is 2.60. The van der Waals surface area contributed by atoms with Gasteiger partial charge in [0.15, 0.2) is 0 Å². The van der Waals surface area contributed by atoms with Crippen molar-refractivity contribution in [1.29, 1.82) is 0 Å². The van der Waals surface area contributed by atoms with Gasteiger partial charge in [-0.1, -0.05) is 20.8 Å². The zero-order valence-electron chi connectivity index (χ0n) is 13.4. The van der Waals surface area contributed by atoms with Gasteiger partial charge in [-0.2, -0.15) is 0 Å². The molecule has 0 aromatic rings. The highest BCUT2D eigenvalue weighted by Crippen LogP contribution is 2.58. The minimum atomic E-state index is 0.559. The first-order valence-electron chi connectivity index (χ1n) is 7.67. The van der Waals surface area contributed by atoms with Crippen molar-refractivity contribution in [2.75, 3.05) is 47.3 Å². The maximum atomic E-state index is 2.75. The first-order chi connectivity index (χ1) is 8.14. The summed E-state index contributed by atoms with van der Waals surface area (Å²) >= 11 is 0. The molecule has 1 saturated heterocycles. The molecule has 2 atom stereocenters. The normalized spacial score (nSPS) is 36.0. The standard InChI is InChI=1S/C16H33N2/c1-15(2)14-8-9-16(15,3)13-17(12-14)10-7-11-18(4,5)6/h14H,7-13H2,1-6H3/q+1/t14-,16-/m1/s1. The molecular weight excluding hydrogens is 220 g/mol. The van der Waals surface area contributed by atoms with Gasteiger partial charge >= 0.3 is 0 Å². The lowest BCUT2D eigenvalue weighted by molar-refractivity contribution is -0.870. The molecule has 0 spiro atoms. The predicted octanol–water partition coefficient (Wildman–Crippen LogP) is 2.84. The molecule has 1 saturated carbocycles. The highest BCUT2D eigenvalue weighted by molar-refractivity contribution is 5.05. The molecule has 0 aromatic heterocycles. The van der Waals surface area contributed by atoms with Gasteiger partial charge in [-0.25, -0.2) is 0 Å². The molecule has 1 heterocycles. The van der Waals surface area contributed by atoms with Gasteiger partial charge in [0, 0.05) is 26.1 Å². The first kappa shape index (κ1) is 14.3. The van der Waals surface area contributed by atoms with Gasteiger partial charge in [0.25, 0.3) is 0 Å². The molecule has 0 amide bonds. The van der Waals surface area contributed by atoms with Crippen molar-refractivity contribution >= 4 is 0 Å². The lowest BCUT2D eigenvalue weighted by atomic mass is 9.63. The number of likely N-dealkylation sites (tertiary alicyclic amines) is 1. The minimum absolute atomic E-state index is 0.559. The van der Waals surface area contributed by atoms with Gasteiger partial charge in [-0.15, -0.1) is 0 Å². The second kappa shape index (κ2) is 4.49. The smallest absolute Gasteiger partial charge is 0.0792 e. The molecule has 2 aliphatic rings. The Morgan fingerprint density at radius 1 is 1.17 bits per heavy atom. The van der Waals surface area contributed by atoms with Gasteiger partial charge in [0.1, 0.15) is 0 Å². The Kier molecular flexibility index (Phi) is 3.57. The van der Waals surface area contributed by atoms with E-state index < -0.39 is 0 Å². The first-order valence-corrected chi connectivity index (χ1v) is 7.67. The average molecular weight is 253 g/mol. The molecule has 2 fully saturated rings. The third-order valence-corrected chi connectivity index (χ3v) is 5.98. The van der Waals surface area contributed by atoms with Crippen molar-refractivity contribution in [2.24, 2.45) is 16.7 Å². The summed E-state index contributed by atoms with van der Waals surface area (Å²) in [6.45, 7) is 12.8. The van der Waals surface area contributed by atoms with Crippen LogP contribution in [-0.2, 0) is 0 Å². The van der Waals surface area contributed by atoms with Crippen molar-refractivity contribution in [1.82, 2.24) is 4.90 Å².